The number of carbonyl (C=O) groups excluding carboxylic acids is 1. The van der Waals surface area contributed by atoms with Crippen LogP contribution in [0.2, 0.25) is 0 Å². The molecule has 0 amide bonds. The highest BCUT2D eigenvalue weighted by molar-refractivity contribution is 5.89. The van der Waals surface area contributed by atoms with E-state index in [1.165, 1.54) is 7.11 Å². The van der Waals surface area contributed by atoms with Gasteiger partial charge in [0.25, 0.3) is 0 Å². The van der Waals surface area contributed by atoms with E-state index in [2.05, 4.69) is 5.32 Å². The number of esters is 1. The third-order valence-electron chi connectivity index (χ3n) is 4.58. The number of methoxy groups -OCH3 is 1. The predicted molar refractivity (Wildman–Crippen MR) is 75.4 cm³/mol. The number of benzene rings is 1. The highest BCUT2D eigenvalue weighted by atomic mass is 16.5. The Kier molecular flexibility index (Phi) is 3.52. The predicted octanol–water partition coefficient (Wildman–Crippen LogP) is 2.04. The number of carbonyl (C=O) groups is 1. The highest BCUT2D eigenvalue weighted by Gasteiger charge is 2.46. The maximum atomic E-state index is 11.4. The van der Waals surface area contributed by atoms with E-state index in [-0.39, 0.29) is 12.0 Å². The molecule has 1 saturated carbocycles. The Bertz CT molecular complexity index is 495. The molecule has 0 aromatic heterocycles. The second kappa shape index (κ2) is 5.19. The van der Waals surface area contributed by atoms with Crippen molar-refractivity contribution in [1.29, 1.82) is 0 Å². The van der Waals surface area contributed by atoms with Crippen LogP contribution in [0.4, 0.5) is 0 Å². The van der Waals surface area contributed by atoms with Crippen molar-refractivity contribution in [2.45, 2.75) is 37.3 Å². The largest absolute Gasteiger partial charge is 0.465 e. The summed E-state index contributed by atoms with van der Waals surface area (Å²) in [5.41, 5.74) is 1.18. The van der Waals surface area contributed by atoms with E-state index in [9.17, 15) is 9.90 Å². The van der Waals surface area contributed by atoms with Crippen LogP contribution in [0.5, 0.6) is 0 Å². The average Bonchev–Trinajstić information content (AvgIpc) is 3.32. The van der Waals surface area contributed by atoms with Gasteiger partial charge in [-0.2, -0.15) is 0 Å². The molecule has 3 rings (SSSR count). The minimum Gasteiger partial charge on any atom is -0.465 e. The molecule has 0 spiro atoms. The molecule has 1 heterocycles. The van der Waals surface area contributed by atoms with E-state index in [1.807, 2.05) is 12.1 Å². The minimum absolute atomic E-state index is 0.168. The number of piperidine rings is 1. The molecule has 1 aliphatic carbocycles. The number of hydrogen-bond donors (Lipinski definition) is 2. The Morgan fingerprint density at radius 2 is 2.05 bits per heavy atom. The summed E-state index contributed by atoms with van der Waals surface area (Å²) in [4.78, 5) is 11.4. The van der Waals surface area contributed by atoms with E-state index >= 15 is 0 Å². The van der Waals surface area contributed by atoms with E-state index in [0.29, 0.717) is 11.5 Å². The van der Waals surface area contributed by atoms with Crippen molar-refractivity contribution in [1.82, 2.24) is 5.32 Å². The molecule has 0 unspecified atom stereocenters. The molecule has 108 valence electrons. The van der Waals surface area contributed by atoms with Gasteiger partial charge >= 0.3 is 5.97 Å². The molecule has 1 aromatic rings. The van der Waals surface area contributed by atoms with Gasteiger partial charge in [0, 0.05) is 6.04 Å². The standard InChI is InChI=1S/C16H21NO3/c1-20-15(18)12-4-2-11(3-5-12)14-10-16(19,8-9-17-14)13-6-7-13/h2-5,13-14,17,19H,6-10H2,1H3/t14-,16+/m0/s1. The van der Waals surface area contributed by atoms with Crippen molar-refractivity contribution in [3.63, 3.8) is 0 Å². The van der Waals surface area contributed by atoms with Crippen LogP contribution < -0.4 is 5.32 Å². The summed E-state index contributed by atoms with van der Waals surface area (Å²) in [6.45, 7) is 0.844. The summed E-state index contributed by atoms with van der Waals surface area (Å²) in [6.07, 6.45) is 3.92. The summed E-state index contributed by atoms with van der Waals surface area (Å²) in [6, 6.07) is 7.63. The van der Waals surface area contributed by atoms with Gasteiger partial charge in [0.15, 0.2) is 0 Å². The molecule has 20 heavy (non-hydrogen) atoms. The molecule has 2 aliphatic rings. The lowest BCUT2D eigenvalue weighted by molar-refractivity contribution is -0.0246. The van der Waals surface area contributed by atoms with Crippen molar-refractivity contribution in [2.75, 3.05) is 13.7 Å². The van der Waals surface area contributed by atoms with Gasteiger partial charge in [-0.05, 0) is 55.8 Å². The normalized spacial score (nSPS) is 30.0. The first-order chi connectivity index (χ1) is 9.62. The quantitative estimate of drug-likeness (QED) is 0.829. The van der Waals surface area contributed by atoms with Gasteiger partial charge in [-0.3, -0.25) is 0 Å². The number of rotatable bonds is 3. The van der Waals surface area contributed by atoms with Crippen molar-refractivity contribution in [3.05, 3.63) is 35.4 Å². The average molecular weight is 275 g/mol. The Labute approximate surface area is 119 Å². The maximum absolute atomic E-state index is 11.4. The number of ether oxygens (including phenoxy) is 1. The smallest absolute Gasteiger partial charge is 0.337 e. The molecule has 1 aromatic carbocycles. The summed E-state index contributed by atoms with van der Waals surface area (Å²) in [5.74, 6) is 0.170. The first-order valence-electron chi connectivity index (χ1n) is 7.26. The lowest BCUT2D eigenvalue weighted by Gasteiger charge is -2.38. The summed E-state index contributed by atoms with van der Waals surface area (Å²) in [7, 11) is 1.38. The molecule has 2 atom stereocenters. The van der Waals surface area contributed by atoms with Crippen molar-refractivity contribution < 1.29 is 14.6 Å². The summed E-state index contributed by atoms with van der Waals surface area (Å²) >= 11 is 0. The molecular weight excluding hydrogens is 254 g/mol. The van der Waals surface area contributed by atoms with Crippen LogP contribution >= 0.6 is 0 Å². The second-order valence-corrected chi connectivity index (χ2v) is 5.95. The zero-order chi connectivity index (χ0) is 14.2. The van der Waals surface area contributed by atoms with Gasteiger partial charge in [-0.25, -0.2) is 4.79 Å². The lowest BCUT2D eigenvalue weighted by atomic mass is 9.81. The van der Waals surface area contributed by atoms with Crippen LogP contribution in [0.3, 0.4) is 0 Å². The second-order valence-electron chi connectivity index (χ2n) is 5.95. The molecule has 4 heteroatoms. The van der Waals surface area contributed by atoms with Gasteiger partial charge in [0.1, 0.15) is 0 Å². The van der Waals surface area contributed by atoms with Crippen LogP contribution in [0, 0.1) is 5.92 Å². The lowest BCUT2D eigenvalue weighted by Crippen LogP contribution is -2.45. The Morgan fingerprint density at radius 1 is 1.35 bits per heavy atom. The van der Waals surface area contributed by atoms with Gasteiger partial charge in [0.2, 0.25) is 0 Å². The molecule has 4 nitrogen and oxygen atoms in total. The van der Waals surface area contributed by atoms with Crippen molar-refractivity contribution in [3.8, 4) is 0 Å². The Morgan fingerprint density at radius 3 is 2.65 bits per heavy atom. The van der Waals surface area contributed by atoms with E-state index in [4.69, 9.17) is 4.74 Å². The number of hydrogen-bond acceptors (Lipinski definition) is 4. The summed E-state index contributed by atoms with van der Waals surface area (Å²) in [5, 5.41) is 14.2. The molecule has 2 N–H and O–H groups in total. The fraction of sp³-hybridized carbons (Fsp3) is 0.562. The molecular formula is C16H21NO3. The molecule has 0 bridgehead atoms. The fourth-order valence-electron chi connectivity index (χ4n) is 3.19. The first-order valence-corrected chi connectivity index (χ1v) is 7.26. The van der Waals surface area contributed by atoms with Gasteiger partial charge in [-0.15, -0.1) is 0 Å². The van der Waals surface area contributed by atoms with E-state index in [1.54, 1.807) is 12.1 Å². The van der Waals surface area contributed by atoms with Crippen LogP contribution in [0.1, 0.15) is 47.6 Å². The van der Waals surface area contributed by atoms with E-state index < -0.39 is 5.60 Å². The van der Waals surface area contributed by atoms with Gasteiger partial charge in [-0.1, -0.05) is 12.1 Å². The minimum atomic E-state index is -0.503. The molecule has 1 aliphatic heterocycles. The summed E-state index contributed by atoms with van der Waals surface area (Å²) < 4.78 is 4.70. The van der Waals surface area contributed by atoms with Crippen molar-refractivity contribution >= 4 is 5.97 Å². The van der Waals surface area contributed by atoms with Crippen molar-refractivity contribution in [2.24, 2.45) is 5.92 Å². The van der Waals surface area contributed by atoms with Crippen LogP contribution in [0.15, 0.2) is 24.3 Å². The van der Waals surface area contributed by atoms with E-state index in [0.717, 1.165) is 37.8 Å². The zero-order valence-electron chi connectivity index (χ0n) is 11.8. The van der Waals surface area contributed by atoms with Crippen LogP contribution in [-0.4, -0.2) is 30.3 Å². The monoisotopic (exact) mass is 275 g/mol. The fourth-order valence-corrected chi connectivity index (χ4v) is 3.19. The zero-order valence-corrected chi connectivity index (χ0v) is 11.8. The number of aliphatic hydroxyl groups is 1. The SMILES string of the molecule is COC(=O)c1ccc([C@@H]2C[C@@](O)(C3CC3)CCN2)cc1. The highest BCUT2D eigenvalue weighted by Crippen LogP contribution is 2.47. The third-order valence-corrected chi connectivity index (χ3v) is 4.58. The topological polar surface area (TPSA) is 58.6 Å². The molecule has 1 saturated heterocycles. The number of nitrogens with one attached hydrogen (secondary N) is 1. The third kappa shape index (κ3) is 2.58. The molecule has 2 fully saturated rings. The maximum Gasteiger partial charge on any atom is 0.337 e. The van der Waals surface area contributed by atoms with Gasteiger partial charge in [0.05, 0.1) is 18.3 Å². The van der Waals surface area contributed by atoms with Gasteiger partial charge < -0.3 is 15.2 Å². The van der Waals surface area contributed by atoms with Crippen LogP contribution in [0.25, 0.3) is 0 Å². The molecule has 0 radical (unpaired) electrons. The van der Waals surface area contributed by atoms with Crippen LogP contribution in [-0.2, 0) is 4.74 Å². The first kappa shape index (κ1) is 13.6. The Balaban J connectivity index is 1.73. The Hall–Kier alpha value is -1.39.